The fourth-order valence-corrected chi connectivity index (χ4v) is 1.77. The van der Waals surface area contributed by atoms with Gasteiger partial charge in [-0.15, -0.1) is 0 Å². The summed E-state index contributed by atoms with van der Waals surface area (Å²) < 4.78 is 21.0. The van der Waals surface area contributed by atoms with Gasteiger partial charge in [0.1, 0.15) is 19.8 Å². The van der Waals surface area contributed by atoms with E-state index in [0.717, 1.165) is 0 Å². The molecule has 6 nitrogen and oxygen atoms in total. The molecule has 0 N–H and O–H groups in total. The van der Waals surface area contributed by atoms with Gasteiger partial charge >= 0.3 is 5.97 Å². The van der Waals surface area contributed by atoms with Gasteiger partial charge in [-0.05, 0) is 30.7 Å². The van der Waals surface area contributed by atoms with E-state index in [9.17, 15) is 9.59 Å². The van der Waals surface area contributed by atoms with Crippen LogP contribution in [-0.4, -0.2) is 38.7 Å². The summed E-state index contributed by atoms with van der Waals surface area (Å²) in [6.45, 7) is 2.05. The maximum absolute atomic E-state index is 11.4. The highest BCUT2D eigenvalue weighted by atomic mass is 16.6. The summed E-state index contributed by atoms with van der Waals surface area (Å²) in [5.74, 6) is 0.859. The molecule has 1 aliphatic heterocycles. The Balaban J connectivity index is 2.13. The van der Waals surface area contributed by atoms with Crippen molar-refractivity contribution < 1.29 is 28.5 Å². The lowest BCUT2D eigenvalue weighted by atomic mass is 10.1. The summed E-state index contributed by atoms with van der Waals surface area (Å²) in [6, 6.07) is 3.47. The number of esters is 1. The van der Waals surface area contributed by atoms with Crippen LogP contribution in [-0.2, 0) is 14.3 Å². The zero-order valence-electron chi connectivity index (χ0n) is 11.9. The largest absolute Gasteiger partial charge is 0.493 e. The van der Waals surface area contributed by atoms with Gasteiger partial charge in [0.15, 0.2) is 17.3 Å². The summed E-state index contributed by atoms with van der Waals surface area (Å²) in [5, 5.41) is 0. The number of ketones is 1. The quantitative estimate of drug-likeness (QED) is 0.606. The zero-order chi connectivity index (χ0) is 15.2. The number of Topliss-reactive ketones (excluding diaryl/α,β-unsaturated/α-hetero) is 1. The summed E-state index contributed by atoms with van der Waals surface area (Å²) >= 11 is 0. The number of hydrogen-bond donors (Lipinski definition) is 0. The normalized spacial score (nSPS) is 13.0. The first-order valence-corrected chi connectivity index (χ1v) is 6.42. The first kappa shape index (κ1) is 14.9. The second-order valence-electron chi connectivity index (χ2n) is 4.39. The van der Waals surface area contributed by atoms with Gasteiger partial charge in [-0.3, -0.25) is 4.79 Å². The Labute approximate surface area is 122 Å². The van der Waals surface area contributed by atoms with Crippen molar-refractivity contribution in [3.8, 4) is 17.2 Å². The maximum atomic E-state index is 11.4. The molecule has 0 saturated heterocycles. The zero-order valence-corrected chi connectivity index (χ0v) is 11.9. The molecule has 0 saturated carbocycles. The maximum Gasteiger partial charge on any atom is 0.331 e. The average molecular weight is 292 g/mol. The Hall–Kier alpha value is -2.50. The summed E-state index contributed by atoms with van der Waals surface area (Å²) in [6.07, 6.45) is 2.80. The summed E-state index contributed by atoms with van der Waals surface area (Å²) in [4.78, 5) is 22.1. The SMILES string of the molecule is COc1cc(/C=C/C(=O)OCC(C)=O)cc2c1OCCO2. The molecule has 0 fully saturated rings. The lowest BCUT2D eigenvalue weighted by molar-refractivity contribution is -0.142. The molecule has 1 aromatic rings. The number of methoxy groups -OCH3 is 1. The van der Waals surface area contributed by atoms with Gasteiger partial charge < -0.3 is 18.9 Å². The van der Waals surface area contributed by atoms with Crippen LogP contribution >= 0.6 is 0 Å². The van der Waals surface area contributed by atoms with Crippen LogP contribution in [0.2, 0.25) is 0 Å². The lowest BCUT2D eigenvalue weighted by Gasteiger charge is -2.20. The van der Waals surface area contributed by atoms with E-state index in [1.54, 1.807) is 18.2 Å². The molecule has 112 valence electrons. The molecule has 6 heteroatoms. The Morgan fingerprint density at radius 2 is 2.05 bits per heavy atom. The van der Waals surface area contributed by atoms with Crippen molar-refractivity contribution in [2.45, 2.75) is 6.92 Å². The highest BCUT2D eigenvalue weighted by Crippen LogP contribution is 2.40. The third kappa shape index (κ3) is 3.98. The van der Waals surface area contributed by atoms with Crippen molar-refractivity contribution in [3.63, 3.8) is 0 Å². The van der Waals surface area contributed by atoms with E-state index >= 15 is 0 Å². The monoisotopic (exact) mass is 292 g/mol. The van der Waals surface area contributed by atoms with E-state index in [2.05, 4.69) is 0 Å². The predicted octanol–water partition coefficient (Wildman–Crippen LogP) is 1.61. The minimum atomic E-state index is -0.584. The van der Waals surface area contributed by atoms with Crippen molar-refractivity contribution in [1.82, 2.24) is 0 Å². The van der Waals surface area contributed by atoms with Crippen LogP contribution in [0.4, 0.5) is 0 Å². The standard InChI is InChI=1S/C15H16O6/c1-10(16)9-21-14(17)4-3-11-7-12(18-2)15-13(8-11)19-5-6-20-15/h3-4,7-8H,5-6,9H2,1-2H3/b4-3+. The molecule has 21 heavy (non-hydrogen) atoms. The molecule has 0 amide bonds. The van der Waals surface area contributed by atoms with Crippen molar-refractivity contribution in [2.75, 3.05) is 26.9 Å². The molecular weight excluding hydrogens is 276 g/mol. The van der Waals surface area contributed by atoms with Gasteiger partial charge in [-0.25, -0.2) is 4.79 Å². The van der Waals surface area contributed by atoms with Crippen molar-refractivity contribution in [3.05, 3.63) is 23.8 Å². The van der Waals surface area contributed by atoms with E-state index in [-0.39, 0.29) is 12.4 Å². The topological polar surface area (TPSA) is 71.1 Å². The molecule has 1 heterocycles. The fraction of sp³-hybridized carbons (Fsp3) is 0.333. The van der Waals surface area contributed by atoms with Crippen molar-refractivity contribution in [2.24, 2.45) is 0 Å². The van der Waals surface area contributed by atoms with Crippen molar-refractivity contribution >= 4 is 17.8 Å². The fourth-order valence-electron chi connectivity index (χ4n) is 1.77. The number of carbonyl (C=O) groups is 2. The number of ether oxygens (including phenoxy) is 4. The van der Waals surface area contributed by atoms with Gasteiger partial charge in [0.05, 0.1) is 7.11 Å². The predicted molar refractivity (Wildman–Crippen MR) is 74.7 cm³/mol. The van der Waals surface area contributed by atoms with Crippen LogP contribution < -0.4 is 14.2 Å². The molecule has 0 atom stereocenters. The van der Waals surface area contributed by atoms with Crippen LogP contribution in [0.1, 0.15) is 12.5 Å². The lowest BCUT2D eigenvalue weighted by Crippen LogP contribution is -2.16. The summed E-state index contributed by atoms with van der Waals surface area (Å²) in [5.41, 5.74) is 0.705. The van der Waals surface area contributed by atoms with E-state index < -0.39 is 5.97 Å². The van der Waals surface area contributed by atoms with Crippen LogP contribution in [0, 0.1) is 0 Å². The minimum absolute atomic E-state index is 0.210. The van der Waals surface area contributed by atoms with Gasteiger partial charge in [-0.2, -0.15) is 0 Å². The Morgan fingerprint density at radius 3 is 2.76 bits per heavy atom. The van der Waals surface area contributed by atoms with Crippen LogP contribution in [0.25, 0.3) is 6.08 Å². The Morgan fingerprint density at radius 1 is 1.29 bits per heavy atom. The first-order chi connectivity index (χ1) is 10.1. The Bertz CT molecular complexity index is 559. The third-order valence-corrected chi connectivity index (χ3v) is 2.68. The molecule has 0 radical (unpaired) electrons. The van der Waals surface area contributed by atoms with E-state index in [1.807, 2.05) is 0 Å². The van der Waals surface area contributed by atoms with E-state index in [4.69, 9.17) is 18.9 Å². The minimum Gasteiger partial charge on any atom is -0.493 e. The number of fused-ring (bicyclic) bond motifs is 1. The second kappa shape index (κ2) is 6.78. The molecule has 1 aliphatic rings. The molecule has 0 bridgehead atoms. The summed E-state index contributed by atoms with van der Waals surface area (Å²) in [7, 11) is 1.53. The Kier molecular flexibility index (Phi) is 4.81. The second-order valence-corrected chi connectivity index (χ2v) is 4.39. The molecule has 0 aromatic heterocycles. The van der Waals surface area contributed by atoms with E-state index in [1.165, 1.54) is 20.1 Å². The highest BCUT2D eigenvalue weighted by Gasteiger charge is 2.17. The van der Waals surface area contributed by atoms with Crippen LogP contribution in [0.15, 0.2) is 18.2 Å². The number of rotatable bonds is 5. The number of carbonyl (C=O) groups excluding carboxylic acids is 2. The van der Waals surface area contributed by atoms with Crippen LogP contribution in [0.5, 0.6) is 17.2 Å². The molecule has 2 rings (SSSR count). The molecular formula is C15H16O6. The molecule has 0 aliphatic carbocycles. The van der Waals surface area contributed by atoms with Gasteiger partial charge in [-0.1, -0.05) is 0 Å². The molecule has 0 unspecified atom stereocenters. The third-order valence-electron chi connectivity index (χ3n) is 2.68. The smallest absolute Gasteiger partial charge is 0.331 e. The number of benzene rings is 1. The van der Waals surface area contributed by atoms with Crippen molar-refractivity contribution in [1.29, 1.82) is 0 Å². The van der Waals surface area contributed by atoms with Gasteiger partial charge in [0, 0.05) is 6.08 Å². The molecule has 0 spiro atoms. The first-order valence-electron chi connectivity index (χ1n) is 6.42. The van der Waals surface area contributed by atoms with E-state index in [0.29, 0.717) is 36.0 Å². The number of hydrogen-bond acceptors (Lipinski definition) is 6. The average Bonchev–Trinajstić information content (AvgIpc) is 2.49. The van der Waals surface area contributed by atoms with Crippen LogP contribution in [0.3, 0.4) is 0 Å². The molecule has 1 aromatic carbocycles. The van der Waals surface area contributed by atoms with Gasteiger partial charge in [0.25, 0.3) is 0 Å². The highest BCUT2D eigenvalue weighted by molar-refractivity contribution is 5.89. The van der Waals surface area contributed by atoms with Gasteiger partial charge in [0.2, 0.25) is 5.75 Å².